The third-order valence-electron chi connectivity index (χ3n) is 1.59. The fourth-order valence-corrected chi connectivity index (χ4v) is 0.886. The predicted molar refractivity (Wildman–Crippen MR) is 44.5 cm³/mol. The smallest absolute Gasteiger partial charge is 0.139 e. The average molecular weight is 168 g/mol. The molecule has 0 radical (unpaired) electrons. The van der Waals surface area contributed by atoms with E-state index in [2.05, 4.69) is 4.98 Å². The molecular weight excluding hydrogens is 156 g/mol. The van der Waals surface area contributed by atoms with Gasteiger partial charge in [0.25, 0.3) is 0 Å². The molecule has 12 heavy (non-hydrogen) atoms. The zero-order valence-electron chi connectivity index (χ0n) is 6.81. The number of rotatable bonds is 2. The standard InChI is InChI=1S/C8H12N2O2/c1-5(9)8(12)7-6(11)3-2-4-10-7/h2-5,8,11-12H,9H2,1H3/t5-,8-/m0/s1. The summed E-state index contributed by atoms with van der Waals surface area (Å²) in [5.74, 6) is -0.0256. The van der Waals surface area contributed by atoms with Gasteiger partial charge in [-0.3, -0.25) is 4.98 Å². The van der Waals surface area contributed by atoms with Crippen LogP contribution in [-0.2, 0) is 0 Å². The summed E-state index contributed by atoms with van der Waals surface area (Å²) in [4.78, 5) is 3.82. The van der Waals surface area contributed by atoms with Crippen LogP contribution in [0, 0.1) is 0 Å². The topological polar surface area (TPSA) is 79.4 Å². The number of aliphatic hydroxyl groups is 1. The zero-order chi connectivity index (χ0) is 9.14. The van der Waals surface area contributed by atoms with E-state index in [1.807, 2.05) is 0 Å². The van der Waals surface area contributed by atoms with Crippen LogP contribution < -0.4 is 5.73 Å². The highest BCUT2D eigenvalue weighted by Gasteiger charge is 2.16. The molecule has 0 amide bonds. The van der Waals surface area contributed by atoms with E-state index < -0.39 is 12.1 Å². The van der Waals surface area contributed by atoms with Gasteiger partial charge in [-0.2, -0.15) is 0 Å². The van der Waals surface area contributed by atoms with E-state index in [1.165, 1.54) is 12.3 Å². The summed E-state index contributed by atoms with van der Waals surface area (Å²) in [6.07, 6.45) is 0.590. The second-order valence-electron chi connectivity index (χ2n) is 2.71. The molecule has 66 valence electrons. The van der Waals surface area contributed by atoms with Gasteiger partial charge in [0.15, 0.2) is 0 Å². The second kappa shape index (κ2) is 3.51. The monoisotopic (exact) mass is 168 g/mol. The van der Waals surface area contributed by atoms with Crippen LogP contribution in [0.25, 0.3) is 0 Å². The number of hydrogen-bond donors (Lipinski definition) is 3. The van der Waals surface area contributed by atoms with Crippen LogP contribution in [0.3, 0.4) is 0 Å². The molecule has 0 aromatic carbocycles. The predicted octanol–water partition coefficient (Wildman–Crippen LogP) is 0.168. The zero-order valence-corrected chi connectivity index (χ0v) is 6.81. The highest BCUT2D eigenvalue weighted by atomic mass is 16.3. The van der Waals surface area contributed by atoms with E-state index in [4.69, 9.17) is 5.73 Å². The summed E-state index contributed by atoms with van der Waals surface area (Å²) in [6, 6.07) is 2.62. The highest BCUT2D eigenvalue weighted by Crippen LogP contribution is 2.22. The Labute approximate surface area is 70.7 Å². The molecule has 1 aromatic heterocycles. The van der Waals surface area contributed by atoms with Crippen molar-refractivity contribution in [3.63, 3.8) is 0 Å². The van der Waals surface area contributed by atoms with E-state index in [0.29, 0.717) is 0 Å². The first-order chi connectivity index (χ1) is 5.63. The number of aromatic hydroxyl groups is 1. The van der Waals surface area contributed by atoms with Gasteiger partial charge in [-0.25, -0.2) is 0 Å². The third-order valence-corrected chi connectivity index (χ3v) is 1.59. The van der Waals surface area contributed by atoms with Crippen molar-refractivity contribution < 1.29 is 10.2 Å². The molecule has 0 fully saturated rings. The first-order valence-electron chi connectivity index (χ1n) is 3.70. The van der Waals surface area contributed by atoms with Gasteiger partial charge in [-0.1, -0.05) is 0 Å². The summed E-state index contributed by atoms with van der Waals surface area (Å²) in [6.45, 7) is 1.65. The SMILES string of the molecule is C[C@H](N)[C@H](O)c1ncccc1O. The van der Waals surface area contributed by atoms with Gasteiger partial charge in [0.1, 0.15) is 17.5 Å². The molecule has 0 aliphatic heterocycles. The van der Waals surface area contributed by atoms with Crippen molar-refractivity contribution in [2.24, 2.45) is 5.73 Å². The van der Waals surface area contributed by atoms with Crippen molar-refractivity contribution in [1.29, 1.82) is 0 Å². The maximum atomic E-state index is 9.43. The molecule has 0 aliphatic rings. The van der Waals surface area contributed by atoms with E-state index >= 15 is 0 Å². The Hall–Kier alpha value is -1.13. The van der Waals surface area contributed by atoms with E-state index in [-0.39, 0.29) is 11.4 Å². The fourth-order valence-electron chi connectivity index (χ4n) is 0.886. The van der Waals surface area contributed by atoms with E-state index in [0.717, 1.165) is 0 Å². The summed E-state index contributed by atoms with van der Waals surface area (Å²) in [7, 11) is 0. The molecule has 4 heteroatoms. The number of nitrogens with zero attached hydrogens (tertiary/aromatic N) is 1. The molecule has 2 atom stereocenters. The van der Waals surface area contributed by atoms with Gasteiger partial charge >= 0.3 is 0 Å². The molecular formula is C8H12N2O2. The number of pyridine rings is 1. The van der Waals surface area contributed by atoms with Crippen LogP contribution in [0.4, 0.5) is 0 Å². The minimum absolute atomic E-state index is 0.0256. The lowest BCUT2D eigenvalue weighted by molar-refractivity contribution is 0.145. The molecule has 4 N–H and O–H groups in total. The lowest BCUT2D eigenvalue weighted by Gasteiger charge is -2.14. The largest absolute Gasteiger partial charge is 0.506 e. The fraction of sp³-hybridized carbons (Fsp3) is 0.375. The normalized spacial score (nSPS) is 15.6. The van der Waals surface area contributed by atoms with Crippen LogP contribution in [0.1, 0.15) is 18.7 Å². The van der Waals surface area contributed by atoms with E-state index in [1.54, 1.807) is 13.0 Å². The molecule has 0 aliphatic carbocycles. The molecule has 0 unspecified atom stereocenters. The minimum Gasteiger partial charge on any atom is -0.506 e. The summed E-state index contributed by atoms with van der Waals surface area (Å²) < 4.78 is 0. The molecule has 4 nitrogen and oxygen atoms in total. The van der Waals surface area contributed by atoms with Crippen molar-refractivity contribution in [2.75, 3.05) is 0 Å². The Kier molecular flexibility index (Phi) is 2.62. The van der Waals surface area contributed by atoms with Crippen molar-refractivity contribution in [2.45, 2.75) is 19.1 Å². The van der Waals surface area contributed by atoms with Crippen molar-refractivity contribution in [1.82, 2.24) is 4.98 Å². The third kappa shape index (κ3) is 1.72. The van der Waals surface area contributed by atoms with Crippen LogP contribution in [-0.4, -0.2) is 21.2 Å². The van der Waals surface area contributed by atoms with Crippen molar-refractivity contribution in [3.05, 3.63) is 24.0 Å². The van der Waals surface area contributed by atoms with Crippen LogP contribution in [0.5, 0.6) is 5.75 Å². The Bertz CT molecular complexity index is 263. The van der Waals surface area contributed by atoms with Crippen LogP contribution >= 0.6 is 0 Å². The van der Waals surface area contributed by atoms with E-state index in [9.17, 15) is 10.2 Å². The Morgan fingerprint density at radius 2 is 2.25 bits per heavy atom. The van der Waals surface area contributed by atoms with Gasteiger partial charge in [0, 0.05) is 12.2 Å². The quantitative estimate of drug-likeness (QED) is 0.588. The molecule has 0 saturated heterocycles. The minimum atomic E-state index is -0.911. The molecule has 1 rings (SSSR count). The second-order valence-corrected chi connectivity index (χ2v) is 2.71. The molecule has 0 spiro atoms. The molecule has 1 aromatic rings. The molecule has 0 saturated carbocycles. The summed E-state index contributed by atoms with van der Waals surface area (Å²) in [5, 5.41) is 18.7. The average Bonchev–Trinajstić information content (AvgIpc) is 2.04. The first kappa shape index (κ1) is 8.96. The maximum absolute atomic E-state index is 9.43. The van der Waals surface area contributed by atoms with Gasteiger partial charge in [-0.05, 0) is 19.1 Å². The molecule has 1 heterocycles. The van der Waals surface area contributed by atoms with Crippen molar-refractivity contribution >= 4 is 0 Å². The summed E-state index contributed by atoms with van der Waals surface area (Å²) >= 11 is 0. The number of aliphatic hydroxyl groups excluding tert-OH is 1. The Balaban J connectivity index is 2.94. The Morgan fingerprint density at radius 1 is 1.58 bits per heavy atom. The first-order valence-corrected chi connectivity index (χ1v) is 3.70. The summed E-state index contributed by atoms with van der Waals surface area (Å²) in [5.41, 5.74) is 5.66. The lowest BCUT2D eigenvalue weighted by atomic mass is 10.1. The van der Waals surface area contributed by atoms with Gasteiger partial charge in [0.05, 0.1) is 0 Å². The maximum Gasteiger partial charge on any atom is 0.139 e. The Morgan fingerprint density at radius 3 is 2.75 bits per heavy atom. The highest BCUT2D eigenvalue weighted by molar-refractivity contribution is 5.27. The molecule has 0 bridgehead atoms. The number of hydrogen-bond acceptors (Lipinski definition) is 4. The number of nitrogens with two attached hydrogens (primary N) is 1. The van der Waals surface area contributed by atoms with Gasteiger partial charge in [-0.15, -0.1) is 0 Å². The van der Waals surface area contributed by atoms with Gasteiger partial charge in [0.2, 0.25) is 0 Å². The van der Waals surface area contributed by atoms with Gasteiger partial charge < -0.3 is 15.9 Å². The number of aromatic nitrogens is 1. The van der Waals surface area contributed by atoms with Crippen molar-refractivity contribution in [3.8, 4) is 5.75 Å². The van der Waals surface area contributed by atoms with Crippen LogP contribution in [0.15, 0.2) is 18.3 Å². The van der Waals surface area contributed by atoms with Crippen LogP contribution in [0.2, 0.25) is 0 Å². The lowest BCUT2D eigenvalue weighted by Crippen LogP contribution is -2.25.